The van der Waals surface area contributed by atoms with E-state index in [1.54, 1.807) is 11.8 Å². The minimum Gasteiger partial charge on any atom is -0.395 e. The van der Waals surface area contributed by atoms with Crippen molar-refractivity contribution in [2.24, 2.45) is 5.41 Å². The first-order valence-electron chi connectivity index (χ1n) is 4.88. The molecule has 1 heterocycles. The van der Waals surface area contributed by atoms with Gasteiger partial charge >= 0.3 is 0 Å². The van der Waals surface area contributed by atoms with Crippen LogP contribution in [0.3, 0.4) is 0 Å². The van der Waals surface area contributed by atoms with E-state index in [2.05, 4.69) is 31.9 Å². The van der Waals surface area contributed by atoms with Crippen LogP contribution >= 0.6 is 11.8 Å². The lowest BCUT2D eigenvalue weighted by Crippen LogP contribution is -2.59. The van der Waals surface area contributed by atoms with Crippen molar-refractivity contribution in [2.75, 3.05) is 26.0 Å². The van der Waals surface area contributed by atoms with Gasteiger partial charge in [-0.2, -0.15) is 11.8 Å². The number of thioether (sulfide) groups is 1. The molecule has 0 amide bonds. The van der Waals surface area contributed by atoms with E-state index in [0.717, 1.165) is 0 Å². The van der Waals surface area contributed by atoms with Crippen LogP contribution in [-0.4, -0.2) is 47.3 Å². The molecule has 3 heteroatoms. The van der Waals surface area contributed by atoms with Gasteiger partial charge in [0.2, 0.25) is 0 Å². The molecule has 0 aromatic rings. The summed E-state index contributed by atoms with van der Waals surface area (Å²) >= 11 is 1.76. The second kappa shape index (κ2) is 4.20. The zero-order chi connectivity index (χ0) is 10.1. The normalized spacial score (nSPS) is 26.5. The lowest BCUT2D eigenvalue weighted by atomic mass is 9.83. The Kier molecular flexibility index (Phi) is 3.66. The molecule has 78 valence electrons. The van der Waals surface area contributed by atoms with Crippen LogP contribution in [0.1, 0.15) is 20.8 Å². The zero-order valence-electron chi connectivity index (χ0n) is 9.08. The first-order chi connectivity index (χ1) is 6.00. The van der Waals surface area contributed by atoms with Crippen molar-refractivity contribution in [1.82, 2.24) is 4.90 Å². The molecule has 0 saturated carbocycles. The van der Waals surface area contributed by atoms with Gasteiger partial charge in [-0.3, -0.25) is 4.90 Å². The van der Waals surface area contributed by atoms with Crippen molar-refractivity contribution in [3.05, 3.63) is 0 Å². The summed E-state index contributed by atoms with van der Waals surface area (Å²) in [6, 6.07) is 0.507. The minimum absolute atomic E-state index is 0.291. The molecule has 0 bridgehead atoms. The van der Waals surface area contributed by atoms with Crippen molar-refractivity contribution in [1.29, 1.82) is 0 Å². The number of rotatable bonds is 4. The molecule has 1 saturated heterocycles. The predicted molar refractivity (Wildman–Crippen MR) is 59.2 cm³/mol. The van der Waals surface area contributed by atoms with Gasteiger partial charge in [-0.15, -0.1) is 0 Å². The van der Waals surface area contributed by atoms with Crippen LogP contribution in [0.15, 0.2) is 0 Å². The van der Waals surface area contributed by atoms with Crippen LogP contribution in [0.4, 0.5) is 0 Å². The number of aliphatic hydroxyl groups is 1. The van der Waals surface area contributed by atoms with Crippen LogP contribution in [0.25, 0.3) is 0 Å². The first-order valence-corrected chi connectivity index (χ1v) is 6.16. The summed E-state index contributed by atoms with van der Waals surface area (Å²) < 4.78 is 0. The third-order valence-corrected chi connectivity index (χ3v) is 4.01. The van der Waals surface area contributed by atoms with Crippen molar-refractivity contribution in [3.8, 4) is 0 Å². The van der Waals surface area contributed by atoms with Crippen LogP contribution in [-0.2, 0) is 0 Å². The molecule has 0 radical (unpaired) electrons. The number of likely N-dealkylation sites (tertiary alicyclic amines) is 1. The van der Waals surface area contributed by atoms with Gasteiger partial charge in [0.15, 0.2) is 0 Å². The van der Waals surface area contributed by atoms with E-state index in [1.807, 2.05) is 0 Å². The molecule has 1 N–H and O–H groups in total. The van der Waals surface area contributed by atoms with E-state index >= 15 is 0 Å². The summed E-state index contributed by atoms with van der Waals surface area (Å²) in [4.78, 5) is 2.46. The van der Waals surface area contributed by atoms with Crippen LogP contribution in [0.5, 0.6) is 0 Å². The van der Waals surface area contributed by atoms with Gasteiger partial charge in [0, 0.05) is 24.4 Å². The molecule has 13 heavy (non-hydrogen) atoms. The molecule has 0 aromatic carbocycles. The van der Waals surface area contributed by atoms with Crippen LogP contribution in [0, 0.1) is 5.41 Å². The van der Waals surface area contributed by atoms with E-state index < -0.39 is 0 Å². The SMILES string of the molecule is CSC(CO)C(C)N1CC(C)(C)C1. The standard InChI is InChI=1S/C10H21NOS/c1-8(9(5-12)13-4)11-6-10(2,3)7-11/h8-9,12H,5-7H2,1-4H3. The van der Waals surface area contributed by atoms with Crippen LogP contribution in [0.2, 0.25) is 0 Å². The second-order valence-corrected chi connectivity index (χ2v) is 5.84. The summed E-state index contributed by atoms with van der Waals surface area (Å²) in [5.74, 6) is 0. The minimum atomic E-state index is 0.291. The summed E-state index contributed by atoms with van der Waals surface area (Å²) in [7, 11) is 0. The Bertz CT molecular complexity index is 160. The lowest BCUT2D eigenvalue weighted by Gasteiger charge is -2.50. The third kappa shape index (κ3) is 2.61. The Morgan fingerprint density at radius 2 is 2.00 bits per heavy atom. The van der Waals surface area contributed by atoms with Crippen molar-refractivity contribution >= 4 is 11.8 Å². The van der Waals surface area contributed by atoms with Crippen molar-refractivity contribution in [2.45, 2.75) is 32.1 Å². The van der Waals surface area contributed by atoms with Crippen molar-refractivity contribution < 1.29 is 5.11 Å². The Morgan fingerprint density at radius 3 is 2.31 bits per heavy atom. The molecule has 1 fully saturated rings. The quantitative estimate of drug-likeness (QED) is 0.748. The lowest BCUT2D eigenvalue weighted by molar-refractivity contribution is -0.00473. The van der Waals surface area contributed by atoms with E-state index in [9.17, 15) is 0 Å². The third-order valence-electron chi connectivity index (χ3n) is 2.86. The first kappa shape index (κ1) is 11.3. The van der Waals surface area contributed by atoms with E-state index in [-0.39, 0.29) is 0 Å². The summed E-state index contributed by atoms with van der Waals surface area (Å²) in [5, 5.41) is 9.52. The molecule has 1 rings (SSSR count). The van der Waals surface area contributed by atoms with Gasteiger partial charge in [-0.1, -0.05) is 13.8 Å². The molecule has 1 aliphatic rings. The van der Waals surface area contributed by atoms with Crippen molar-refractivity contribution in [3.63, 3.8) is 0 Å². The highest BCUT2D eigenvalue weighted by Gasteiger charge is 2.38. The van der Waals surface area contributed by atoms with Gasteiger partial charge in [-0.25, -0.2) is 0 Å². The summed E-state index contributed by atoms with van der Waals surface area (Å²) in [5.41, 5.74) is 0.493. The van der Waals surface area contributed by atoms with Gasteiger partial charge in [0.25, 0.3) is 0 Å². The highest BCUT2D eigenvalue weighted by molar-refractivity contribution is 7.99. The molecule has 0 spiro atoms. The maximum absolute atomic E-state index is 9.15. The van der Waals surface area contributed by atoms with Gasteiger partial charge in [0.05, 0.1) is 6.61 Å². The van der Waals surface area contributed by atoms with E-state index in [4.69, 9.17) is 5.11 Å². The Hall–Kier alpha value is 0.270. The molecular weight excluding hydrogens is 182 g/mol. The van der Waals surface area contributed by atoms with Gasteiger partial charge < -0.3 is 5.11 Å². The molecule has 0 aliphatic carbocycles. The Morgan fingerprint density at radius 1 is 1.46 bits per heavy atom. The number of aliphatic hydroxyl groups excluding tert-OH is 1. The zero-order valence-corrected chi connectivity index (χ0v) is 9.90. The fraction of sp³-hybridized carbons (Fsp3) is 1.00. The average molecular weight is 203 g/mol. The molecule has 2 nitrogen and oxygen atoms in total. The summed E-state index contributed by atoms with van der Waals surface area (Å²) in [6.45, 7) is 9.44. The van der Waals surface area contributed by atoms with E-state index in [1.165, 1.54) is 13.1 Å². The number of nitrogens with zero attached hydrogens (tertiary/aromatic N) is 1. The maximum Gasteiger partial charge on any atom is 0.0565 e. The predicted octanol–water partition coefficient (Wildman–Crippen LogP) is 1.44. The van der Waals surface area contributed by atoms with E-state index in [0.29, 0.717) is 23.3 Å². The second-order valence-electron chi connectivity index (χ2n) is 4.77. The topological polar surface area (TPSA) is 23.5 Å². The summed E-state index contributed by atoms with van der Waals surface area (Å²) in [6.07, 6.45) is 2.07. The highest BCUT2D eigenvalue weighted by Crippen LogP contribution is 2.32. The largest absolute Gasteiger partial charge is 0.395 e. The Balaban J connectivity index is 2.37. The number of hydrogen-bond donors (Lipinski definition) is 1. The van der Waals surface area contributed by atoms with Crippen LogP contribution < -0.4 is 0 Å². The fourth-order valence-corrected chi connectivity index (χ4v) is 2.72. The molecule has 1 aliphatic heterocycles. The monoisotopic (exact) mass is 203 g/mol. The molecule has 2 unspecified atom stereocenters. The highest BCUT2D eigenvalue weighted by atomic mass is 32.2. The molecule has 0 aromatic heterocycles. The number of hydrogen-bond acceptors (Lipinski definition) is 3. The maximum atomic E-state index is 9.15. The fourth-order valence-electron chi connectivity index (χ4n) is 2.00. The molecular formula is C10H21NOS. The van der Waals surface area contributed by atoms with Gasteiger partial charge in [-0.05, 0) is 18.6 Å². The smallest absolute Gasteiger partial charge is 0.0565 e. The Labute approximate surface area is 85.7 Å². The van der Waals surface area contributed by atoms with Gasteiger partial charge in [0.1, 0.15) is 0 Å². The molecule has 2 atom stereocenters. The average Bonchev–Trinajstić information content (AvgIpc) is 2.02.